The number of anilines is 1. The lowest BCUT2D eigenvalue weighted by atomic mass is 10.1. The van der Waals surface area contributed by atoms with E-state index in [1.54, 1.807) is 0 Å². The number of alkyl halides is 1. The van der Waals surface area contributed by atoms with E-state index in [1.165, 1.54) is 19.3 Å². The molecule has 1 aromatic carbocycles. The third kappa shape index (κ3) is 7.16. The van der Waals surface area contributed by atoms with Crippen molar-refractivity contribution in [3.05, 3.63) is 27.7 Å². The molecule has 0 saturated heterocycles. The maximum Gasteiger partial charge on any atom is 0.0693 e. The number of nitrogen functional groups attached to an aromatic ring is 1. The lowest BCUT2D eigenvalue weighted by molar-refractivity contribution is 0.128. The van der Waals surface area contributed by atoms with Gasteiger partial charge >= 0.3 is 0 Å². The lowest BCUT2D eigenvalue weighted by Crippen LogP contribution is -1.99. The molecule has 2 nitrogen and oxygen atoms in total. The van der Waals surface area contributed by atoms with Crippen LogP contribution in [0.15, 0.2) is 12.1 Å². The first-order valence-corrected chi connectivity index (χ1v) is 8.90. The van der Waals surface area contributed by atoms with Crippen LogP contribution in [0.2, 0.25) is 10.0 Å². The summed E-state index contributed by atoms with van der Waals surface area (Å²) in [4.78, 5) is 0. The Kier molecular flexibility index (Phi) is 9.70. The van der Waals surface area contributed by atoms with Gasteiger partial charge in [-0.2, -0.15) is 0 Å². The molecule has 0 aliphatic rings. The van der Waals surface area contributed by atoms with Gasteiger partial charge in [0, 0.05) is 18.5 Å². The number of aryl methyl sites for hydroxylation is 1. The van der Waals surface area contributed by atoms with Crippen molar-refractivity contribution in [3.8, 4) is 0 Å². The zero-order valence-corrected chi connectivity index (χ0v) is 14.7. The first-order valence-electron chi connectivity index (χ1n) is 7.02. The molecular weight excluding hydrogens is 361 g/mol. The quantitative estimate of drug-likeness (QED) is 0.330. The normalized spacial score (nSPS) is 10.9. The van der Waals surface area contributed by atoms with Crippen LogP contribution in [-0.2, 0) is 11.2 Å². The molecule has 1 aromatic rings. The van der Waals surface area contributed by atoms with E-state index < -0.39 is 0 Å². The number of hydrogen-bond acceptors (Lipinski definition) is 2. The summed E-state index contributed by atoms with van der Waals surface area (Å²) in [5.74, 6) is 0. The van der Waals surface area contributed by atoms with Crippen molar-refractivity contribution in [1.82, 2.24) is 0 Å². The summed E-state index contributed by atoms with van der Waals surface area (Å²) in [5.41, 5.74) is 7.27. The number of rotatable bonds is 10. The molecule has 0 aliphatic heterocycles. The highest BCUT2D eigenvalue weighted by molar-refractivity contribution is 9.09. The molecule has 0 radical (unpaired) electrons. The predicted molar refractivity (Wildman–Crippen MR) is 92.3 cm³/mol. The van der Waals surface area contributed by atoms with E-state index >= 15 is 0 Å². The molecule has 5 heteroatoms. The molecule has 0 bridgehead atoms. The van der Waals surface area contributed by atoms with E-state index in [4.69, 9.17) is 33.7 Å². The van der Waals surface area contributed by atoms with Crippen LogP contribution < -0.4 is 5.73 Å². The van der Waals surface area contributed by atoms with Gasteiger partial charge in [0.25, 0.3) is 0 Å². The predicted octanol–water partition coefficient (Wildman–Crippen LogP) is 5.48. The van der Waals surface area contributed by atoms with Crippen LogP contribution >= 0.6 is 39.1 Å². The molecule has 0 atom stereocenters. The van der Waals surface area contributed by atoms with Crippen LogP contribution in [0, 0.1) is 0 Å². The van der Waals surface area contributed by atoms with Gasteiger partial charge in [-0.05, 0) is 43.4 Å². The third-order valence-electron chi connectivity index (χ3n) is 3.07. The third-order valence-corrected chi connectivity index (χ3v) is 4.25. The fraction of sp³-hybridized carbons (Fsp3) is 0.600. The Balaban J connectivity index is 2.10. The lowest BCUT2D eigenvalue weighted by Gasteiger charge is -2.07. The first kappa shape index (κ1) is 18.1. The standard InChI is InChI=1S/C15H22BrCl2NO/c16-7-3-1-2-4-8-20-9-5-6-12-10-13(17)15(19)14(18)11-12/h10-11H,1-9,19H2. The van der Waals surface area contributed by atoms with Crippen molar-refractivity contribution >= 4 is 44.8 Å². The molecule has 20 heavy (non-hydrogen) atoms. The Labute approximate surface area is 140 Å². The number of halogens is 3. The summed E-state index contributed by atoms with van der Waals surface area (Å²) in [7, 11) is 0. The van der Waals surface area contributed by atoms with E-state index in [-0.39, 0.29) is 0 Å². The SMILES string of the molecule is Nc1c(Cl)cc(CCCOCCCCCCBr)cc1Cl. The fourth-order valence-corrected chi connectivity index (χ4v) is 2.84. The number of unbranched alkanes of at least 4 members (excludes halogenated alkanes) is 3. The van der Waals surface area contributed by atoms with Gasteiger partial charge in [0.15, 0.2) is 0 Å². The van der Waals surface area contributed by atoms with Crippen molar-refractivity contribution in [3.63, 3.8) is 0 Å². The van der Waals surface area contributed by atoms with Crippen molar-refractivity contribution in [2.24, 2.45) is 0 Å². The van der Waals surface area contributed by atoms with Gasteiger partial charge in [-0.25, -0.2) is 0 Å². The van der Waals surface area contributed by atoms with Crippen molar-refractivity contribution in [2.75, 3.05) is 24.3 Å². The zero-order valence-electron chi connectivity index (χ0n) is 11.6. The van der Waals surface area contributed by atoms with Crippen LogP contribution in [0.4, 0.5) is 5.69 Å². The van der Waals surface area contributed by atoms with E-state index in [0.29, 0.717) is 15.7 Å². The summed E-state index contributed by atoms with van der Waals surface area (Å²) >= 11 is 15.4. The van der Waals surface area contributed by atoms with Gasteiger partial charge in [-0.1, -0.05) is 52.0 Å². The minimum atomic E-state index is 0.455. The van der Waals surface area contributed by atoms with Gasteiger partial charge in [-0.15, -0.1) is 0 Å². The molecule has 0 amide bonds. The molecule has 0 aliphatic carbocycles. The van der Waals surface area contributed by atoms with Gasteiger partial charge in [0.1, 0.15) is 0 Å². The Bertz CT molecular complexity index is 378. The number of nitrogens with two attached hydrogens (primary N) is 1. The maximum absolute atomic E-state index is 6.00. The summed E-state index contributed by atoms with van der Waals surface area (Å²) in [6, 6.07) is 3.76. The van der Waals surface area contributed by atoms with Crippen LogP contribution in [0.5, 0.6) is 0 Å². The maximum atomic E-state index is 6.00. The molecule has 114 valence electrons. The van der Waals surface area contributed by atoms with Gasteiger partial charge in [0.05, 0.1) is 15.7 Å². The minimum Gasteiger partial charge on any atom is -0.396 e. The monoisotopic (exact) mass is 381 g/mol. The number of benzene rings is 1. The number of ether oxygens (including phenoxy) is 1. The van der Waals surface area contributed by atoms with Gasteiger partial charge in [0.2, 0.25) is 0 Å². The molecule has 0 saturated carbocycles. The van der Waals surface area contributed by atoms with E-state index in [0.717, 1.165) is 43.4 Å². The Morgan fingerprint density at radius 3 is 2.20 bits per heavy atom. The smallest absolute Gasteiger partial charge is 0.0693 e. The molecular formula is C15H22BrCl2NO. The van der Waals surface area contributed by atoms with Crippen molar-refractivity contribution in [1.29, 1.82) is 0 Å². The minimum absolute atomic E-state index is 0.455. The summed E-state index contributed by atoms with van der Waals surface area (Å²) in [6.45, 7) is 1.63. The first-order chi connectivity index (χ1) is 9.65. The average molecular weight is 383 g/mol. The fourth-order valence-electron chi connectivity index (χ4n) is 1.91. The van der Waals surface area contributed by atoms with Crippen LogP contribution in [-0.4, -0.2) is 18.5 Å². The summed E-state index contributed by atoms with van der Waals surface area (Å²) < 4.78 is 5.62. The topological polar surface area (TPSA) is 35.2 Å². The molecule has 2 N–H and O–H groups in total. The van der Waals surface area contributed by atoms with Crippen molar-refractivity contribution in [2.45, 2.75) is 38.5 Å². The molecule has 0 aromatic heterocycles. The van der Waals surface area contributed by atoms with Crippen LogP contribution in [0.1, 0.15) is 37.7 Å². The molecule has 1 rings (SSSR count). The summed E-state index contributed by atoms with van der Waals surface area (Å²) in [6.07, 6.45) is 6.79. The van der Waals surface area contributed by atoms with E-state index in [9.17, 15) is 0 Å². The Morgan fingerprint density at radius 2 is 1.55 bits per heavy atom. The molecule has 0 spiro atoms. The molecule has 0 heterocycles. The van der Waals surface area contributed by atoms with Gasteiger partial charge < -0.3 is 10.5 Å². The average Bonchev–Trinajstić information content (AvgIpc) is 2.43. The largest absolute Gasteiger partial charge is 0.396 e. The number of hydrogen-bond donors (Lipinski definition) is 1. The summed E-state index contributed by atoms with van der Waals surface area (Å²) in [5, 5.41) is 2.15. The molecule has 0 fully saturated rings. The van der Waals surface area contributed by atoms with E-state index in [1.807, 2.05) is 12.1 Å². The Hall–Kier alpha value is 0.0400. The highest BCUT2D eigenvalue weighted by Gasteiger charge is 2.04. The second-order valence-corrected chi connectivity index (χ2v) is 6.40. The second kappa shape index (κ2) is 10.7. The van der Waals surface area contributed by atoms with E-state index in [2.05, 4.69) is 15.9 Å². The van der Waals surface area contributed by atoms with Gasteiger partial charge in [-0.3, -0.25) is 0 Å². The van der Waals surface area contributed by atoms with Crippen LogP contribution in [0.3, 0.4) is 0 Å². The zero-order chi connectivity index (χ0) is 14.8. The Morgan fingerprint density at radius 1 is 0.950 bits per heavy atom. The van der Waals surface area contributed by atoms with Crippen LogP contribution in [0.25, 0.3) is 0 Å². The second-order valence-electron chi connectivity index (χ2n) is 4.79. The highest BCUT2D eigenvalue weighted by atomic mass is 79.9. The van der Waals surface area contributed by atoms with Crippen molar-refractivity contribution < 1.29 is 4.74 Å². The molecule has 0 unspecified atom stereocenters. The highest BCUT2D eigenvalue weighted by Crippen LogP contribution is 2.29.